The van der Waals surface area contributed by atoms with Crippen molar-refractivity contribution in [3.8, 4) is 0 Å². The van der Waals surface area contributed by atoms with Crippen LogP contribution in [0.3, 0.4) is 0 Å². The molecule has 0 spiro atoms. The minimum Gasteiger partial charge on any atom is -0.371 e. The summed E-state index contributed by atoms with van der Waals surface area (Å²) in [4.78, 5) is 11.7. The summed E-state index contributed by atoms with van der Waals surface area (Å²) in [5.41, 5.74) is -0.367. The number of carbonyl (C=O) groups excluding carboxylic acids is 1. The summed E-state index contributed by atoms with van der Waals surface area (Å²) in [7, 11) is 0. The minimum absolute atomic E-state index is 0.352. The first-order valence-corrected chi connectivity index (χ1v) is 6.50. The monoisotopic (exact) mass is 288 g/mol. The van der Waals surface area contributed by atoms with Gasteiger partial charge in [0.25, 0.3) is 0 Å². The molecule has 1 rings (SSSR count). The number of anilines is 1. The van der Waals surface area contributed by atoms with Crippen molar-refractivity contribution in [1.29, 1.82) is 0 Å². The number of hydrogen-bond acceptors (Lipinski definition) is 2. The molecule has 0 heterocycles. The van der Waals surface area contributed by atoms with E-state index in [9.17, 15) is 18.0 Å². The van der Waals surface area contributed by atoms with Crippen LogP contribution < -0.4 is 10.6 Å². The molecule has 0 saturated heterocycles. The van der Waals surface area contributed by atoms with Gasteiger partial charge in [0, 0.05) is 18.7 Å². The Morgan fingerprint density at radius 3 is 2.45 bits per heavy atom. The van der Waals surface area contributed by atoms with Gasteiger partial charge in [-0.25, -0.2) is 13.2 Å². The van der Waals surface area contributed by atoms with Gasteiger partial charge < -0.3 is 10.6 Å². The highest BCUT2D eigenvalue weighted by Crippen LogP contribution is 2.19. The zero-order valence-corrected chi connectivity index (χ0v) is 11.8. The van der Waals surface area contributed by atoms with Crippen LogP contribution in [0.1, 0.15) is 27.2 Å². The van der Waals surface area contributed by atoms with Crippen molar-refractivity contribution in [2.24, 2.45) is 5.92 Å². The lowest BCUT2D eigenvalue weighted by Gasteiger charge is -2.16. The first-order valence-electron chi connectivity index (χ1n) is 6.50. The van der Waals surface area contributed by atoms with Crippen LogP contribution >= 0.6 is 0 Å². The molecule has 0 bridgehead atoms. The molecule has 112 valence electrons. The zero-order valence-electron chi connectivity index (χ0n) is 11.8. The standard InChI is InChI=1S/C14H19F3N2O/c1-8(2)4-5-18-14(20)9(3)19-12-7-10(15)6-11(16)13(12)17/h6-9,19H,4-5H2,1-3H3,(H,18,20). The predicted molar refractivity (Wildman–Crippen MR) is 71.9 cm³/mol. The Hall–Kier alpha value is -1.72. The third-order valence-electron chi connectivity index (χ3n) is 2.78. The summed E-state index contributed by atoms with van der Waals surface area (Å²) < 4.78 is 39.5. The molecule has 2 N–H and O–H groups in total. The molecule has 6 heteroatoms. The summed E-state index contributed by atoms with van der Waals surface area (Å²) >= 11 is 0. The number of halogens is 3. The molecule has 3 nitrogen and oxygen atoms in total. The van der Waals surface area contributed by atoms with E-state index in [-0.39, 0.29) is 11.6 Å². The van der Waals surface area contributed by atoms with Crippen molar-refractivity contribution in [3.05, 3.63) is 29.6 Å². The van der Waals surface area contributed by atoms with E-state index in [0.29, 0.717) is 18.5 Å². The largest absolute Gasteiger partial charge is 0.371 e. The molecule has 0 radical (unpaired) electrons. The van der Waals surface area contributed by atoms with Crippen molar-refractivity contribution in [1.82, 2.24) is 5.32 Å². The fraction of sp³-hybridized carbons (Fsp3) is 0.500. The molecule has 1 unspecified atom stereocenters. The van der Waals surface area contributed by atoms with Crippen LogP contribution in [-0.4, -0.2) is 18.5 Å². The van der Waals surface area contributed by atoms with Gasteiger partial charge in [-0.2, -0.15) is 0 Å². The van der Waals surface area contributed by atoms with Crippen LogP contribution in [0.25, 0.3) is 0 Å². The Morgan fingerprint density at radius 1 is 1.20 bits per heavy atom. The van der Waals surface area contributed by atoms with E-state index in [2.05, 4.69) is 10.6 Å². The Morgan fingerprint density at radius 2 is 1.85 bits per heavy atom. The summed E-state index contributed by atoms with van der Waals surface area (Å²) in [6.07, 6.45) is 0.821. The van der Waals surface area contributed by atoms with Crippen LogP contribution in [0.2, 0.25) is 0 Å². The highest BCUT2D eigenvalue weighted by Gasteiger charge is 2.17. The second-order valence-electron chi connectivity index (χ2n) is 5.09. The van der Waals surface area contributed by atoms with Crippen molar-refractivity contribution >= 4 is 11.6 Å². The second kappa shape index (κ2) is 7.17. The number of rotatable bonds is 6. The second-order valence-corrected chi connectivity index (χ2v) is 5.09. The quantitative estimate of drug-likeness (QED) is 0.790. The average Bonchev–Trinajstić information content (AvgIpc) is 2.34. The van der Waals surface area contributed by atoms with Gasteiger partial charge in [-0.1, -0.05) is 13.8 Å². The highest BCUT2D eigenvalue weighted by molar-refractivity contribution is 5.84. The van der Waals surface area contributed by atoms with Crippen LogP contribution in [-0.2, 0) is 4.79 Å². The van der Waals surface area contributed by atoms with E-state index < -0.39 is 23.5 Å². The molecule has 0 fully saturated rings. The predicted octanol–water partition coefficient (Wildman–Crippen LogP) is 3.07. The van der Waals surface area contributed by atoms with Gasteiger partial charge in [-0.15, -0.1) is 0 Å². The van der Waals surface area contributed by atoms with Crippen molar-refractivity contribution in [2.75, 3.05) is 11.9 Å². The third-order valence-corrected chi connectivity index (χ3v) is 2.78. The Bertz CT molecular complexity index is 478. The molecule has 1 amide bonds. The van der Waals surface area contributed by atoms with Gasteiger partial charge in [-0.3, -0.25) is 4.79 Å². The van der Waals surface area contributed by atoms with E-state index in [1.54, 1.807) is 0 Å². The van der Waals surface area contributed by atoms with Gasteiger partial charge >= 0.3 is 0 Å². The summed E-state index contributed by atoms with van der Waals surface area (Å²) in [6, 6.07) is 0.474. The van der Waals surface area contributed by atoms with Gasteiger partial charge in [0.05, 0.1) is 5.69 Å². The topological polar surface area (TPSA) is 41.1 Å². The lowest BCUT2D eigenvalue weighted by molar-refractivity contribution is -0.121. The van der Waals surface area contributed by atoms with E-state index in [4.69, 9.17) is 0 Å². The van der Waals surface area contributed by atoms with E-state index in [1.807, 2.05) is 13.8 Å². The minimum atomic E-state index is -1.29. The summed E-state index contributed by atoms with van der Waals surface area (Å²) in [6.45, 7) is 6.05. The van der Waals surface area contributed by atoms with Gasteiger partial charge in [-0.05, 0) is 19.3 Å². The Kier molecular flexibility index (Phi) is 5.85. The van der Waals surface area contributed by atoms with Crippen LogP contribution in [0.4, 0.5) is 18.9 Å². The van der Waals surface area contributed by atoms with E-state index >= 15 is 0 Å². The van der Waals surface area contributed by atoms with Gasteiger partial charge in [0.15, 0.2) is 11.6 Å². The maximum Gasteiger partial charge on any atom is 0.242 e. The number of hydrogen-bond donors (Lipinski definition) is 2. The van der Waals surface area contributed by atoms with Gasteiger partial charge in [0.1, 0.15) is 11.9 Å². The molecular weight excluding hydrogens is 269 g/mol. The molecule has 20 heavy (non-hydrogen) atoms. The molecule has 1 aromatic carbocycles. The molecule has 0 aliphatic carbocycles. The van der Waals surface area contributed by atoms with E-state index in [1.165, 1.54) is 6.92 Å². The van der Waals surface area contributed by atoms with Crippen molar-refractivity contribution < 1.29 is 18.0 Å². The molecular formula is C14H19F3N2O. The molecule has 0 aliphatic heterocycles. The lowest BCUT2D eigenvalue weighted by Crippen LogP contribution is -2.38. The highest BCUT2D eigenvalue weighted by atomic mass is 19.2. The first-order chi connectivity index (χ1) is 9.31. The molecule has 0 aromatic heterocycles. The summed E-state index contributed by atoms with van der Waals surface area (Å²) in [5, 5.41) is 5.13. The Balaban J connectivity index is 2.61. The lowest BCUT2D eigenvalue weighted by atomic mass is 10.1. The summed E-state index contributed by atoms with van der Waals surface area (Å²) in [5.74, 6) is -3.30. The number of amides is 1. The molecule has 1 atom stereocenters. The fourth-order valence-electron chi connectivity index (χ4n) is 1.60. The number of nitrogens with one attached hydrogen (secondary N) is 2. The van der Waals surface area contributed by atoms with Crippen LogP contribution in [0.15, 0.2) is 12.1 Å². The average molecular weight is 288 g/mol. The normalized spacial score (nSPS) is 12.3. The van der Waals surface area contributed by atoms with Crippen LogP contribution in [0.5, 0.6) is 0 Å². The van der Waals surface area contributed by atoms with Gasteiger partial charge in [0.2, 0.25) is 5.91 Å². The van der Waals surface area contributed by atoms with E-state index in [0.717, 1.165) is 12.5 Å². The first kappa shape index (κ1) is 16.3. The molecule has 0 saturated carbocycles. The number of benzene rings is 1. The number of carbonyl (C=O) groups is 1. The maximum atomic E-state index is 13.4. The molecule has 1 aromatic rings. The SMILES string of the molecule is CC(C)CCNC(=O)C(C)Nc1cc(F)cc(F)c1F. The van der Waals surface area contributed by atoms with Crippen LogP contribution in [0, 0.1) is 23.4 Å². The van der Waals surface area contributed by atoms with Crippen molar-refractivity contribution in [3.63, 3.8) is 0 Å². The zero-order chi connectivity index (χ0) is 15.3. The molecule has 0 aliphatic rings. The maximum absolute atomic E-state index is 13.4. The Labute approximate surface area is 116 Å². The fourth-order valence-corrected chi connectivity index (χ4v) is 1.60. The van der Waals surface area contributed by atoms with Crippen molar-refractivity contribution in [2.45, 2.75) is 33.2 Å². The third kappa shape index (κ3) is 4.75. The smallest absolute Gasteiger partial charge is 0.242 e.